The van der Waals surface area contributed by atoms with Crippen LogP contribution < -0.4 is 5.32 Å². The van der Waals surface area contributed by atoms with E-state index in [1.165, 1.54) is 0 Å². The average molecular weight is 290 g/mol. The number of benzene rings is 1. The first-order valence-electron chi connectivity index (χ1n) is 5.85. The third-order valence-electron chi connectivity index (χ3n) is 3.05. The van der Waals surface area contributed by atoms with E-state index >= 15 is 0 Å². The van der Waals surface area contributed by atoms with Gasteiger partial charge < -0.3 is 30.5 Å². The summed E-state index contributed by atoms with van der Waals surface area (Å²) in [6.07, 6.45) is -5.92. The minimum absolute atomic E-state index is 0.455. The molecular formula is C12H16ClNO5. The molecule has 0 spiro atoms. The lowest BCUT2D eigenvalue weighted by molar-refractivity contribution is -0.221. The molecule has 5 atom stereocenters. The van der Waals surface area contributed by atoms with Crippen molar-refractivity contribution >= 4 is 17.3 Å². The van der Waals surface area contributed by atoms with Gasteiger partial charge in [-0.3, -0.25) is 0 Å². The van der Waals surface area contributed by atoms with Crippen molar-refractivity contribution in [3.63, 3.8) is 0 Å². The molecule has 1 aromatic carbocycles. The van der Waals surface area contributed by atoms with E-state index in [9.17, 15) is 15.3 Å². The lowest BCUT2D eigenvalue weighted by atomic mass is 9.98. The van der Waals surface area contributed by atoms with Crippen LogP contribution in [0.2, 0.25) is 5.02 Å². The van der Waals surface area contributed by atoms with E-state index in [1.807, 2.05) is 0 Å². The van der Waals surface area contributed by atoms with Crippen LogP contribution >= 0.6 is 11.6 Å². The summed E-state index contributed by atoms with van der Waals surface area (Å²) >= 11 is 5.76. The number of hydrogen-bond donors (Lipinski definition) is 5. The first-order chi connectivity index (χ1) is 9.02. The monoisotopic (exact) mass is 289 g/mol. The molecule has 0 amide bonds. The Morgan fingerprint density at radius 2 is 1.68 bits per heavy atom. The fourth-order valence-electron chi connectivity index (χ4n) is 1.93. The molecular weight excluding hydrogens is 274 g/mol. The molecule has 6 nitrogen and oxygen atoms in total. The highest BCUT2D eigenvalue weighted by Crippen LogP contribution is 2.23. The molecule has 0 bridgehead atoms. The molecule has 5 N–H and O–H groups in total. The van der Waals surface area contributed by atoms with Gasteiger partial charge >= 0.3 is 0 Å². The van der Waals surface area contributed by atoms with Crippen molar-refractivity contribution < 1.29 is 25.2 Å². The zero-order chi connectivity index (χ0) is 14.0. The lowest BCUT2D eigenvalue weighted by Gasteiger charge is -2.40. The largest absolute Gasteiger partial charge is 0.394 e. The molecule has 0 aromatic heterocycles. The molecule has 0 unspecified atom stereocenters. The number of aliphatic hydroxyl groups is 4. The SMILES string of the molecule is OC[C@@H]1O[C@@H](Nc2ccc(Cl)cc2)[C@H](O)[C@H](O)[C@@H]1O. The Balaban J connectivity index is 2.08. The smallest absolute Gasteiger partial charge is 0.157 e. The fraction of sp³-hybridized carbons (Fsp3) is 0.500. The normalized spacial score (nSPS) is 35.1. The number of rotatable bonds is 3. The Kier molecular flexibility index (Phi) is 4.62. The Hall–Kier alpha value is -0.890. The van der Waals surface area contributed by atoms with Crippen LogP contribution in [0.1, 0.15) is 0 Å². The summed E-state index contributed by atoms with van der Waals surface area (Å²) in [6, 6.07) is 6.69. The third kappa shape index (κ3) is 3.17. The van der Waals surface area contributed by atoms with Crippen molar-refractivity contribution in [2.24, 2.45) is 0 Å². The zero-order valence-corrected chi connectivity index (χ0v) is 10.7. The standard InChI is InChI=1S/C12H16ClNO5/c13-6-1-3-7(4-2-6)14-12-11(18)10(17)9(16)8(5-15)19-12/h1-4,8-12,14-18H,5H2/t8-,9+,10+,11+,12+/m0/s1. The summed E-state index contributed by atoms with van der Waals surface area (Å²) in [7, 11) is 0. The Labute approximate surface area is 115 Å². The molecule has 106 valence electrons. The molecule has 1 saturated heterocycles. The van der Waals surface area contributed by atoms with E-state index in [0.717, 1.165) is 0 Å². The van der Waals surface area contributed by atoms with Crippen molar-refractivity contribution in [2.45, 2.75) is 30.6 Å². The predicted molar refractivity (Wildman–Crippen MR) is 68.8 cm³/mol. The second kappa shape index (κ2) is 6.04. The van der Waals surface area contributed by atoms with E-state index in [4.69, 9.17) is 21.4 Å². The summed E-state index contributed by atoms with van der Waals surface area (Å²) in [5, 5.41) is 41.6. The number of anilines is 1. The molecule has 7 heteroatoms. The van der Waals surface area contributed by atoms with Crippen LogP contribution in [-0.2, 0) is 4.74 Å². The van der Waals surface area contributed by atoms with Crippen molar-refractivity contribution in [3.8, 4) is 0 Å². The van der Waals surface area contributed by atoms with Crippen LogP contribution in [0, 0.1) is 0 Å². The van der Waals surface area contributed by atoms with E-state index < -0.39 is 37.3 Å². The van der Waals surface area contributed by atoms with Crippen molar-refractivity contribution in [2.75, 3.05) is 11.9 Å². The highest BCUT2D eigenvalue weighted by molar-refractivity contribution is 6.30. The molecule has 1 aromatic rings. The van der Waals surface area contributed by atoms with Gasteiger partial charge in [-0.25, -0.2) is 0 Å². The number of hydrogen-bond acceptors (Lipinski definition) is 6. The summed E-state index contributed by atoms with van der Waals surface area (Å²) in [5.74, 6) is 0. The minimum Gasteiger partial charge on any atom is -0.394 e. The number of halogens is 1. The van der Waals surface area contributed by atoms with E-state index in [-0.39, 0.29) is 0 Å². The summed E-state index contributed by atoms with van der Waals surface area (Å²) in [6.45, 7) is -0.455. The number of nitrogens with one attached hydrogen (secondary N) is 1. The van der Waals surface area contributed by atoms with Gasteiger partial charge in [-0.2, -0.15) is 0 Å². The highest BCUT2D eigenvalue weighted by Gasteiger charge is 2.43. The van der Waals surface area contributed by atoms with Crippen LogP contribution in [0.5, 0.6) is 0 Å². The Morgan fingerprint density at radius 1 is 1.05 bits per heavy atom. The number of aliphatic hydroxyl groups excluding tert-OH is 4. The Bertz CT molecular complexity index is 413. The van der Waals surface area contributed by atoms with Gasteiger partial charge in [0, 0.05) is 10.7 Å². The summed E-state index contributed by atoms with van der Waals surface area (Å²) < 4.78 is 5.31. The Morgan fingerprint density at radius 3 is 2.26 bits per heavy atom. The van der Waals surface area contributed by atoms with Gasteiger partial charge in [-0.1, -0.05) is 11.6 Å². The molecule has 0 saturated carbocycles. The van der Waals surface area contributed by atoms with Crippen LogP contribution in [0.4, 0.5) is 5.69 Å². The summed E-state index contributed by atoms with van der Waals surface area (Å²) in [5.41, 5.74) is 0.633. The van der Waals surface area contributed by atoms with Gasteiger partial charge in [0.15, 0.2) is 6.23 Å². The van der Waals surface area contributed by atoms with Crippen molar-refractivity contribution in [1.82, 2.24) is 0 Å². The van der Waals surface area contributed by atoms with E-state index in [2.05, 4.69) is 5.32 Å². The molecule has 1 aliphatic heterocycles. The van der Waals surface area contributed by atoms with Crippen LogP contribution in [-0.4, -0.2) is 57.7 Å². The van der Waals surface area contributed by atoms with E-state index in [1.54, 1.807) is 24.3 Å². The highest BCUT2D eigenvalue weighted by atomic mass is 35.5. The molecule has 1 heterocycles. The molecule has 1 aliphatic rings. The maximum Gasteiger partial charge on any atom is 0.157 e. The second-order valence-electron chi connectivity index (χ2n) is 4.40. The first-order valence-corrected chi connectivity index (χ1v) is 6.23. The zero-order valence-electron chi connectivity index (χ0n) is 9.98. The van der Waals surface area contributed by atoms with Gasteiger partial charge in [-0.05, 0) is 24.3 Å². The maximum absolute atomic E-state index is 9.83. The molecule has 0 aliphatic carbocycles. The van der Waals surface area contributed by atoms with E-state index in [0.29, 0.717) is 10.7 Å². The van der Waals surface area contributed by atoms with Crippen LogP contribution in [0.25, 0.3) is 0 Å². The fourth-order valence-corrected chi connectivity index (χ4v) is 2.06. The third-order valence-corrected chi connectivity index (χ3v) is 3.30. The maximum atomic E-state index is 9.83. The quantitative estimate of drug-likeness (QED) is 0.517. The lowest BCUT2D eigenvalue weighted by Crippen LogP contribution is -2.60. The van der Waals surface area contributed by atoms with Crippen LogP contribution in [0.3, 0.4) is 0 Å². The van der Waals surface area contributed by atoms with Gasteiger partial charge in [-0.15, -0.1) is 0 Å². The molecule has 2 rings (SSSR count). The number of ether oxygens (including phenoxy) is 1. The first kappa shape index (κ1) is 14.5. The minimum atomic E-state index is -1.39. The topological polar surface area (TPSA) is 102 Å². The van der Waals surface area contributed by atoms with Crippen molar-refractivity contribution in [3.05, 3.63) is 29.3 Å². The second-order valence-corrected chi connectivity index (χ2v) is 4.84. The molecule has 1 fully saturated rings. The average Bonchev–Trinajstić information content (AvgIpc) is 2.42. The van der Waals surface area contributed by atoms with Gasteiger partial charge in [0.2, 0.25) is 0 Å². The molecule has 0 radical (unpaired) electrons. The van der Waals surface area contributed by atoms with Gasteiger partial charge in [0.05, 0.1) is 6.61 Å². The summed E-state index contributed by atoms with van der Waals surface area (Å²) in [4.78, 5) is 0. The van der Waals surface area contributed by atoms with Crippen molar-refractivity contribution in [1.29, 1.82) is 0 Å². The molecule has 19 heavy (non-hydrogen) atoms. The predicted octanol–water partition coefficient (Wildman–Crippen LogP) is -0.448. The van der Waals surface area contributed by atoms with Crippen LogP contribution in [0.15, 0.2) is 24.3 Å². The van der Waals surface area contributed by atoms with Gasteiger partial charge in [0.1, 0.15) is 24.4 Å². The van der Waals surface area contributed by atoms with Gasteiger partial charge in [0.25, 0.3) is 0 Å².